The van der Waals surface area contributed by atoms with E-state index in [0.29, 0.717) is 19.4 Å². The van der Waals surface area contributed by atoms with Gasteiger partial charge in [0, 0.05) is 6.42 Å². The number of carboxylic acid groups (broad SMARTS) is 1. The molecule has 0 aliphatic rings. The summed E-state index contributed by atoms with van der Waals surface area (Å²) >= 11 is 0. The molecule has 4 atom stereocenters. The third kappa shape index (κ3) is 9.41. The average Bonchev–Trinajstić information content (AvgIpc) is 2.76. The first-order chi connectivity index (χ1) is 15.2. The molecule has 0 fully saturated rings. The molecular formula is C21H33N5O6. The Labute approximate surface area is 186 Å². The first-order valence-electron chi connectivity index (χ1n) is 10.4. The highest BCUT2D eigenvalue weighted by Gasteiger charge is 2.29. The Hall–Kier alpha value is -3.02. The summed E-state index contributed by atoms with van der Waals surface area (Å²) in [6.45, 7) is 1.10. The number of aliphatic carboxylic acids is 1. The lowest BCUT2D eigenvalue weighted by Crippen LogP contribution is -2.58. The Kier molecular flexibility index (Phi) is 11.9. The van der Waals surface area contributed by atoms with Gasteiger partial charge in [-0.2, -0.15) is 0 Å². The van der Waals surface area contributed by atoms with Gasteiger partial charge in [-0.25, -0.2) is 4.79 Å². The van der Waals surface area contributed by atoms with Gasteiger partial charge in [0.25, 0.3) is 0 Å². The van der Waals surface area contributed by atoms with Gasteiger partial charge in [-0.1, -0.05) is 30.3 Å². The second-order valence-electron chi connectivity index (χ2n) is 7.47. The largest absolute Gasteiger partial charge is 0.480 e. The molecule has 0 aliphatic heterocycles. The molecule has 9 N–H and O–H groups in total. The number of hydrogen-bond acceptors (Lipinski definition) is 7. The van der Waals surface area contributed by atoms with Crippen LogP contribution >= 0.6 is 0 Å². The summed E-state index contributed by atoms with van der Waals surface area (Å²) in [5.74, 6) is -3.36. The summed E-state index contributed by atoms with van der Waals surface area (Å²) in [7, 11) is 0. The van der Waals surface area contributed by atoms with E-state index in [1.54, 1.807) is 30.3 Å². The van der Waals surface area contributed by atoms with Crippen molar-refractivity contribution in [3.8, 4) is 0 Å². The quantitative estimate of drug-likeness (QED) is 0.161. The predicted octanol–water partition coefficient (Wildman–Crippen LogP) is -1.76. The van der Waals surface area contributed by atoms with Crippen LogP contribution in [-0.4, -0.2) is 71.2 Å². The zero-order valence-corrected chi connectivity index (χ0v) is 18.1. The summed E-state index contributed by atoms with van der Waals surface area (Å²) in [4.78, 5) is 48.8. The van der Waals surface area contributed by atoms with E-state index in [0.717, 1.165) is 5.56 Å². The molecule has 1 aromatic rings. The number of hydrogen-bond donors (Lipinski definition) is 7. The SMILES string of the molecule is CC(N)C(=O)NC(Cc1ccccc1)C(=O)NC(CO)C(=O)NC(CCCCN)C(=O)O. The third-order valence-corrected chi connectivity index (χ3v) is 4.71. The fraction of sp³-hybridized carbons (Fsp3) is 0.524. The maximum Gasteiger partial charge on any atom is 0.326 e. The minimum Gasteiger partial charge on any atom is -0.480 e. The van der Waals surface area contributed by atoms with Crippen molar-refractivity contribution in [1.29, 1.82) is 0 Å². The van der Waals surface area contributed by atoms with E-state index in [-0.39, 0.29) is 12.8 Å². The van der Waals surface area contributed by atoms with Crippen LogP contribution in [0.2, 0.25) is 0 Å². The fourth-order valence-electron chi connectivity index (χ4n) is 2.85. The highest BCUT2D eigenvalue weighted by Crippen LogP contribution is 2.05. The summed E-state index contributed by atoms with van der Waals surface area (Å²) in [6, 6.07) is 4.40. The van der Waals surface area contributed by atoms with Crippen molar-refractivity contribution in [2.24, 2.45) is 11.5 Å². The molecule has 0 bridgehead atoms. The molecule has 0 radical (unpaired) electrons. The van der Waals surface area contributed by atoms with E-state index < -0.39 is 54.5 Å². The zero-order valence-electron chi connectivity index (χ0n) is 18.1. The second-order valence-corrected chi connectivity index (χ2v) is 7.47. The molecule has 11 heteroatoms. The van der Waals surface area contributed by atoms with Gasteiger partial charge in [0.2, 0.25) is 17.7 Å². The van der Waals surface area contributed by atoms with Gasteiger partial charge in [-0.05, 0) is 38.3 Å². The molecule has 11 nitrogen and oxygen atoms in total. The minimum atomic E-state index is -1.40. The van der Waals surface area contributed by atoms with Crippen LogP contribution in [0, 0.1) is 0 Å². The number of unbranched alkanes of at least 4 members (excludes halogenated alkanes) is 1. The molecule has 0 spiro atoms. The predicted molar refractivity (Wildman–Crippen MR) is 117 cm³/mol. The van der Waals surface area contributed by atoms with E-state index >= 15 is 0 Å². The molecular weight excluding hydrogens is 418 g/mol. The number of carboxylic acids is 1. The molecule has 4 unspecified atom stereocenters. The Morgan fingerprint density at radius 1 is 0.906 bits per heavy atom. The normalized spacial score (nSPS) is 14.5. The number of aliphatic hydroxyl groups is 1. The summed E-state index contributed by atoms with van der Waals surface area (Å²) in [5.41, 5.74) is 11.7. The molecule has 1 rings (SSSR count). The van der Waals surface area contributed by atoms with Gasteiger partial charge in [0.15, 0.2) is 0 Å². The van der Waals surface area contributed by atoms with Gasteiger partial charge in [-0.3, -0.25) is 14.4 Å². The van der Waals surface area contributed by atoms with Crippen LogP contribution in [0.3, 0.4) is 0 Å². The molecule has 0 aromatic heterocycles. The van der Waals surface area contributed by atoms with Gasteiger partial charge in [-0.15, -0.1) is 0 Å². The molecule has 178 valence electrons. The van der Waals surface area contributed by atoms with E-state index in [1.807, 2.05) is 0 Å². The summed E-state index contributed by atoms with van der Waals surface area (Å²) in [6.07, 6.45) is 1.37. The number of rotatable bonds is 14. The van der Waals surface area contributed by atoms with Crippen molar-refractivity contribution >= 4 is 23.7 Å². The number of carbonyl (C=O) groups excluding carboxylic acids is 3. The molecule has 0 aliphatic carbocycles. The molecule has 0 saturated heterocycles. The number of benzene rings is 1. The van der Waals surface area contributed by atoms with Crippen molar-refractivity contribution < 1.29 is 29.4 Å². The van der Waals surface area contributed by atoms with Crippen LogP contribution in [0.4, 0.5) is 0 Å². The minimum absolute atomic E-state index is 0.127. The maximum absolute atomic E-state index is 12.8. The van der Waals surface area contributed by atoms with Crippen LogP contribution in [0.1, 0.15) is 31.7 Å². The van der Waals surface area contributed by atoms with Gasteiger partial charge in [0.1, 0.15) is 18.1 Å². The number of carbonyl (C=O) groups is 4. The summed E-state index contributed by atoms with van der Waals surface area (Å²) in [5, 5.41) is 26.1. The lowest BCUT2D eigenvalue weighted by atomic mass is 10.0. The summed E-state index contributed by atoms with van der Waals surface area (Å²) < 4.78 is 0. The first-order valence-corrected chi connectivity index (χ1v) is 10.4. The van der Waals surface area contributed by atoms with Crippen LogP contribution in [-0.2, 0) is 25.6 Å². The molecule has 1 aromatic carbocycles. The van der Waals surface area contributed by atoms with Gasteiger partial charge in [0.05, 0.1) is 12.6 Å². The second kappa shape index (κ2) is 14.1. The van der Waals surface area contributed by atoms with E-state index in [9.17, 15) is 29.4 Å². The van der Waals surface area contributed by atoms with Crippen molar-refractivity contribution in [1.82, 2.24) is 16.0 Å². The van der Waals surface area contributed by atoms with E-state index in [4.69, 9.17) is 11.5 Å². The highest BCUT2D eigenvalue weighted by atomic mass is 16.4. The number of aliphatic hydroxyl groups excluding tert-OH is 1. The van der Waals surface area contributed by atoms with Crippen molar-refractivity contribution in [3.05, 3.63) is 35.9 Å². The number of nitrogens with two attached hydrogens (primary N) is 2. The zero-order chi connectivity index (χ0) is 24.1. The number of nitrogens with one attached hydrogen (secondary N) is 3. The van der Waals surface area contributed by atoms with Crippen LogP contribution in [0.15, 0.2) is 30.3 Å². The van der Waals surface area contributed by atoms with E-state index in [2.05, 4.69) is 16.0 Å². The van der Waals surface area contributed by atoms with Crippen LogP contribution in [0.5, 0.6) is 0 Å². The Morgan fingerprint density at radius 2 is 1.47 bits per heavy atom. The van der Waals surface area contributed by atoms with Gasteiger partial charge >= 0.3 is 5.97 Å². The monoisotopic (exact) mass is 451 g/mol. The standard InChI is InChI=1S/C21H33N5O6/c1-13(23)18(28)25-16(11-14-7-3-2-4-8-14)19(29)26-17(12-27)20(30)24-15(21(31)32)9-5-6-10-22/h2-4,7-8,13,15-17,27H,5-6,9-12,22-23H2,1H3,(H,24,30)(H,25,28)(H,26,29)(H,31,32). The third-order valence-electron chi connectivity index (χ3n) is 4.71. The highest BCUT2D eigenvalue weighted by molar-refractivity contribution is 5.94. The Morgan fingerprint density at radius 3 is 2.00 bits per heavy atom. The van der Waals surface area contributed by atoms with Crippen LogP contribution < -0.4 is 27.4 Å². The molecule has 3 amide bonds. The Balaban J connectivity index is 2.87. The average molecular weight is 452 g/mol. The van der Waals surface area contributed by atoms with E-state index in [1.165, 1.54) is 6.92 Å². The molecule has 32 heavy (non-hydrogen) atoms. The van der Waals surface area contributed by atoms with Crippen molar-refractivity contribution in [2.45, 2.75) is 56.8 Å². The number of amides is 3. The topological polar surface area (TPSA) is 197 Å². The Bertz CT molecular complexity index is 758. The maximum atomic E-state index is 12.8. The first kappa shape index (κ1) is 27.0. The van der Waals surface area contributed by atoms with Crippen molar-refractivity contribution in [2.75, 3.05) is 13.2 Å². The lowest BCUT2D eigenvalue weighted by Gasteiger charge is -2.24. The smallest absolute Gasteiger partial charge is 0.326 e. The van der Waals surface area contributed by atoms with Crippen LogP contribution in [0.25, 0.3) is 0 Å². The molecule has 0 heterocycles. The van der Waals surface area contributed by atoms with Crippen molar-refractivity contribution in [3.63, 3.8) is 0 Å². The lowest BCUT2D eigenvalue weighted by molar-refractivity contribution is -0.142. The fourth-order valence-corrected chi connectivity index (χ4v) is 2.85. The molecule has 0 saturated carbocycles. The van der Waals surface area contributed by atoms with Gasteiger partial charge < -0.3 is 37.6 Å².